The van der Waals surface area contributed by atoms with E-state index >= 15 is 0 Å². The van der Waals surface area contributed by atoms with Gasteiger partial charge >= 0.3 is 6.09 Å². The van der Waals surface area contributed by atoms with Crippen LogP contribution in [-0.4, -0.2) is 29.9 Å². The first-order valence-electron chi connectivity index (χ1n) is 11.0. The minimum atomic E-state index is -0.264. The van der Waals surface area contributed by atoms with Crippen molar-refractivity contribution in [3.8, 4) is 5.75 Å². The molecule has 0 heterocycles. The molecule has 4 atom stereocenters. The van der Waals surface area contributed by atoms with E-state index in [1.54, 1.807) is 4.90 Å². The summed E-state index contributed by atoms with van der Waals surface area (Å²) in [5.41, 5.74) is 3.74. The highest BCUT2D eigenvalue weighted by atomic mass is 16.6. The average Bonchev–Trinajstić information content (AvgIpc) is 2.98. The Labute approximate surface area is 168 Å². The molecule has 2 fully saturated rings. The number of amides is 1. The molecule has 4 nitrogen and oxygen atoms in total. The molecular weight excluding hydrogens is 350 g/mol. The number of benzene rings is 1. The molecule has 152 valence electrons. The predicted molar refractivity (Wildman–Crippen MR) is 110 cm³/mol. The third-order valence-electron chi connectivity index (χ3n) is 7.95. The topological polar surface area (TPSA) is 46.6 Å². The van der Waals surface area contributed by atoms with E-state index in [4.69, 9.17) is 4.74 Å². The number of nitrogens with zero attached hydrogens (tertiary/aromatic N) is 1. The molecule has 0 bridgehead atoms. The first-order chi connectivity index (χ1) is 13.4. The minimum Gasteiger partial charge on any atom is -0.410 e. The van der Waals surface area contributed by atoms with Gasteiger partial charge in [0.05, 0.1) is 0 Å². The Kier molecular flexibility index (Phi) is 5.01. The summed E-state index contributed by atoms with van der Waals surface area (Å²) in [6.45, 7) is 9.51. The van der Waals surface area contributed by atoms with Gasteiger partial charge in [0.15, 0.2) is 0 Å². The predicted octanol–water partition coefficient (Wildman–Crippen LogP) is 5.26. The highest BCUT2D eigenvalue weighted by molar-refractivity contribution is 5.87. The molecule has 1 aromatic carbocycles. The molecule has 0 saturated heterocycles. The van der Waals surface area contributed by atoms with Crippen LogP contribution in [0.5, 0.6) is 5.75 Å². The van der Waals surface area contributed by atoms with Gasteiger partial charge in [0.2, 0.25) is 0 Å². The molecule has 0 spiro atoms. The molecule has 0 unspecified atom stereocenters. The van der Waals surface area contributed by atoms with E-state index in [0.29, 0.717) is 42.4 Å². The second-order valence-corrected chi connectivity index (χ2v) is 9.19. The number of ether oxygens (including phenoxy) is 1. The number of carbonyl (C=O) groups excluding carboxylic acids is 2. The number of Topliss-reactive ketones (excluding diaryl/α,β-unsaturated/α-hetero) is 1. The third kappa shape index (κ3) is 2.96. The molecule has 3 aliphatic rings. The normalized spacial score (nSPS) is 31.0. The van der Waals surface area contributed by atoms with Crippen LogP contribution in [0, 0.1) is 24.2 Å². The van der Waals surface area contributed by atoms with Crippen molar-refractivity contribution in [3.05, 3.63) is 28.8 Å². The molecule has 3 aliphatic carbocycles. The Morgan fingerprint density at radius 2 is 1.93 bits per heavy atom. The summed E-state index contributed by atoms with van der Waals surface area (Å²) in [4.78, 5) is 26.6. The lowest BCUT2D eigenvalue weighted by molar-refractivity contribution is -0.129. The van der Waals surface area contributed by atoms with Gasteiger partial charge in [0, 0.05) is 24.9 Å². The van der Waals surface area contributed by atoms with Crippen molar-refractivity contribution in [3.63, 3.8) is 0 Å². The van der Waals surface area contributed by atoms with Gasteiger partial charge in [-0.05, 0) is 93.4 Å². The highest BCUT2D eigenvalue weighted by Crippen LogP contribution is 2.59. The van der Waals surface area contributed by atoms with E-state index in [2.05, 4.69) is 19.1 Å². The summed E-state index contributed by atoms with van der Waals surface area (Å²) < 4.78 is 5.73. The first-order valence-corrected chi connectivity index (χ1v) is 11.0. The van der Waals surface area contributed by atoms with Crippen LogP contribution >= 0.6 is 0 Å². The van der Waals surface area contributed by atoms with Crippen molar-refractivity contribution >= 4 is 11.9 Å². The number of aryl methyl sites for hydroxylation is 2. The van der Waals surface area contributed by atoms with Crippen molar-refractivity contribution in [2.75, 3.05) is 13.1 Å². The van der Waals surface area contributed by atoms with Gasteiger partial charge in [0.25, 0.3) is 0 Å². The van der Waals surface area contributed by atoms with Crippen molar-refractivity contribution in [1.29, 1.82) is 0 Å². The summed E-state index contributed by atoms with van der Waals surface area (Å²) in [7, 11) is 0. The van der Waals surface area contributed by atoms with Crippen LogP contribution in [0.4, 0.5) is 4.79 Å². The molecule has 2 saturated carbocycles. The monoisotopic (exact) mass is 383 g/mol. The molecule has 28 heavy (non-hydrogen) atoms. The Hall–Kier alpha value is -1.84. The fraction of sp³-hybridized carbons (Fsp3) is 0.667. The van der Waals surface area contributed by atoms with Crippen LogP contribution in [0.25, 0.3) is 0 Å². The van der Waals surface area contributed by atoms with E-state index in [1.165, 1.54) is 11.1 Å². The quantitative estimate of drug-likeness (QED) is 0.715. The second-order valence-electron chi connectivity index (χ2n) is 9.19. The minimum absolute atomic E-state index is 0.0764. The number of hydrogen-bond donors (Lipinski definition) is 0. The molecule has 0 aliphatic heterocycles. The highest BCUT2D eigenvalue weighted by Gasteiger charge is 2.54. The summed E-state index contributed by atoms with van der Waals surface area (Å²) in [5, 5.41) is 0. The van der Waals surface area contributed by atoms with E-state index in [9.17, 15) is 9.59 Å². The maximum atomic E-state index is 12.5. The third-order valence-corrected chi connectivity index (χ3v) is 7.95. The van der Waals surface area contributed by atoms with E-state index in [-0.39, 0.29) is 11.5 Å². The summed E-state index contributed by atoms with van der Waals surface area (Å²) >= 11 is 0. The molecule has 1 aromatic rings. The number of rotatable bonds is 3. The average molecular weight is 384 g/mol. The smallest absolute Gasteiger partial charge is 0.410 e. The van der Waals surface area contributed by atoms with Crippen LogP contribution in [0.15, 0.2) is 12.1 Å². The molecular formula is C24H33NO3. The molecule has 0 aromatic heterocycles. The Bertz CT molecular complexity index is 797. The zero-order valence-electron chi connectivity index (χ0n) is 17.7. The van der Waals surface area contributed by atoms with Crippen LogP contribution in [0.3, 0.4) is 0 Å². The van der Waals surface area contributed by atoms with E-state index in [0.717, 1.165) is 44.1 Å². The fourth-order valence-electron chi connectivity index (χ4n) is 6.23. The Morgan fingerprint density at radius 3 is 2.64 bits per heavy atom. The fourth-order valence-corrected chi connectivity index (χ4v) is 6.23. The van der Waals surface area contributed by atoms with Crippen molar-refractivity contribution < 1.29 is 14.3 Å². The Morgan fingerprint density at radius 1 is 1.18 bits per heavy atom. The number of carbonyl (C=O) groups is 2. The summed E-state index contributed by atoms with van der Waals surface area (Å²) in [6.07, 6.45) is 5.88. The van der Waals surface area contributed by atoms with Crippen molar-refractivity contribution in [2.24, 2.45) is 17.3 Å². The molecule has 4 rings (SSSR count). The van der Waals surface area contributed by atoms with Gasteiger partial charge in [-0.15, -0.1) is 0 Å². The van der Waals surface area contributed by atoms with E-state index < -0.39 is 0 Å². The number of hydrogen-bond acceptors (Lipinski definition) is 3. The molecule has 1 amide bonds. The van der Waals surface area contributed by atoms with Crippen LogP contribution in [0.1, 0.15) is 75.5 Å². The standard InChI is InChI=1S/C24H33NO3/c1-5-25(6-2)23(27)28-21-14-16-7-8-18-17(19(16)13-15(21)3)11-12-24(4)20(18)9-10-22(24)26/h13-14,17-18,20H,5-12H2,1-4H3/t17-,18+,20-,24-/m0/s1. The molecule has 0 N–H and O–H groups in total. The SMILES string of the molecule is CCN(CC)C(=O)Oc1cc2c(cc1C)[C@H]1CC[C@]3(C)C(=O)CC[C@H]3[C@@H]1CC2. The lowest BCUT2D eigenvalue weighted by atomic mass is 9.55. The van der Waals surface area contributed by atoms with Crippen LogP contribution in [0.2, 0.25) is 0 Å². The second kappa shape index (κ2) is 7.20. The number of fused-ring (bicyclic) bond motifs is 5. The van der Waals surface area contributed by atoms with Crippen LogP contribution in [-0.2, 0) is 11.2 Å². The van der Waals surface area contributed by atoms with Gasteiger partial charge in [-0.25, -0.2) is 4.79 Å². The van der Waals surface area contributed by atoms with Gasteiger partial charge in [-0.1, -0.05) is 13.0 Å². The lowest BCUT2D eigenvalue weighted by Crippen LogP contribution is -2.42. The largest absolute Gasteiger partial charge is 0.415 e. The van der Waals surface area contributed by atoms with Gasteiger partial charge < -0.3 is 9.64 Å². The van der Waals surface area contributed by atoms with Gasteiger partial charge in [-0.2, -0.15) is 0 Å². The van der Waals surface area contributed by atoms with Gasteiger partial charge in [0.1, 0.15) is 11.5 Å². The molecule has 0 radical (unpaired) electrons. The first kappa shape index (κ1) is 19.5. The van der Waals surface area contributed by atoms with Gasteiger partial charge in [-0.3, -0.25) is 4.79 Å². The maximum absolute atomic E-state index is 12.5. The Balaban J connectivity index is 1.60. The molecule has 4 heteroatoms. The lowest BCUT2D eigenvalue weighted by Gasteiger charge is -2.48. The summed E-state index contributed by atoms with van der Waals surface area (Å²) in [6, 6.07) is 4.37. The number of ketones is 1. The zero-order chi connectivity index (χ0) is 20.1. The van der Waals surface area contributed by atoms with Crippen LogP contribution < -0.4 is 4.74 Å². The van der Waals surface area contributed by atoms with Crippen molar-refractivity contribution in [2.45, 2.75) is 72.1 Å². The van der Waals surface area contributed by atoms with E-state index in [1.807, 2.05) is 20.8 Å². The maximum Gasteiger partial charge on any atom is 0.415 e. The van der Waals surface area contributed by atoms with Crippen molar-refractivity contribution in [1.82, 2.24) is 4.90 Å². The zero-order valence-corrected chi connectivity index (χ0v) is 17.7. The summed E-state index contributed by atoms with van der Waals surface area (Å²) in [5.74, 6) is 2.93.